The Labute approximate surface area is 182 Å². The molecule has 1 N–H and O–H groups in total. The maximum Gasteiger partial charge on any atom is 0.253 e. The van der Waals surface area contributed by atoms with Gasteiger partial charge < -0.3 is 19.7 Å². The van der Waals surface area contributed by atoms with Gasteiger partial charge in [0.2, 0.25) is 5.88 Å². The number of anilines is 1. The van der Waals surface area contributed by atoms with Crippen molar-refractivity contribution in [2.24, 2.45) is 0 Å². The molecule has 1 aliphatic heterocycles. The Balaban J connectivity index is 1.32. The molecule has 1 fully saturated rings. The molecule has 31 heavy (non-hydrogen) atoms. The molecule has 0 saturated carbocycles. The lowest BCUT2D eigenvalue weighted by Gasteiger charge is -2.28. The van der Waals surface area contributed by atoms with Crippen molar-refractivity contribution in [1.82, 2.24) is 15.3 Å². The Morgan fingerprint density at radius 1 is 1.13 bits per heavy atom. The Bertz CT molecular complexity index is 989. The number of amides is 1. The number of ether oxygens (including phenoxy) is 2. The third kappa shape index (κ3) is 5.58. The summed E-state index contributed by atoms with van der Waals surface area (Å²) in [6, 6.07) is 17.3. The summed E-state index contributed by atoms with van der Waals surface area (Å²) < 4.78 is 11.3. The van der Waals surface area contributed by atoms with Gasteiger partial charge in [0.1, 0.15) is 11.9 Å². The molecule has 2 aromatic heterocycles. The van der Waals surface area contributed by atoms with Gasteiger partial charge in [-0.05, 0) is 36.2 Å². The smallest absolute Gasteiger partial charge is 0.253 e. The van der Waals surface area contributed by atoms with E-state index in [4.69, 9.17) is 9.47 Å². The molecule has 1 aromatic carbocycles. The fourth-order valence-corrected chi connectivity index (χ4v) is 3.38. The molecular weight excluding hydrogens is 392 g/mol. The van der Waals surface area contributed by atoms with Crippen LogP contribution in [0.3, 0.4) is 0 Å². The topological polar surface area (TPSA) is 76.6 Å². The first kappa shape index (κ1) is 20.8. The van der Waals surface area contributed by atoms with Gasteiger partial charge in [0.15, 0.2) is 0 Å². The van der Waals surface area contributed by atoms with Crippen molar-refractivity contribution in [3.05, 3.63) is 83.7 Å². The van der Waals surface area contributed by atoms with Crippen molar-refractivity contribution in [3.63, 3.8) is 0 Å². The van der Waals surface area contributed by atoms with Gasteiger partial charge in [0.05, 0.1) is 18.8 Å². The fourth-order valence-electron chi connectivity index (χ4n) is 3.38. The van der Waals surface area contributed by atoms with Crippen LogP contribution in [-0.2, 0) is 11.3 Å². The highest BCUT2D eigenvalue weighted by Crippen LogP contribution is 2.20. The average Bonchev–Trinajstić information content (AvgIpc) is 2.84. The fraction of sp³-hybridized carbons (Fsp3) is 0.292. The van der Waals surface area contributed by atoms with E-state index in [2.05, 4.69) is 20.2 Å². The third-order valence-corrected chi connectivity index (χ3v) is 5.16. The van der Waals surface area contributed by atoms with E-state index >= 15 is 0 Å². The molecule has 7 nitrogen and oxygen atoms in total. The molecule has 7 heteroatoms. The van der Waals surface area contributed by atoms with Gasteiger partial charge in [-0.15, -0.1) is 0 Å². The number of carbonyl (C=O) groups is 1. The van der Waals surface area contributed by atoms with E-state index in [9.17, 15) is 4.79 Å². The van der Waals surface area contributed by atoms with Gasteiger partial charge in [0, 0.05) is 38.1 Å². The predicted octanol–water partition coefficient (Wildman–Crippen LogP) is 3.38. The second kappa shape index (κ2) is 10.0. The molecule has 0 unspecified atom stereocenters. The minimum atomic E-state index is -0.181. The maximum atomic E-state index is 12.5. The minimum Gasteiger partial charge on any atom is -0.470 e. The van der Waals surface area contributed by atoms with Crippen LogP contribution in [0.5, 0.6) is 5.88 Å². The average molecular weight is 418 g/mol. The number of rotatable bonds is 7. The molecular formula is C24H26N4O3. The van der Waals surface area contributed by atoms with Crippen molar-refractivity contribution >= 4 is 11.7 Å². The normalized spacial score (nSPS) is 14.7. The van der Waals surface area contributed by atoms with Crippen LogP contribution < -0.4 is 15.0 Å². The number of aromatic nitrogens is 2. The van der Waals surface area contributed by atoms with E-state index in [1.54, 1.807) is 18.3 Å². The second-order valence-corrected chi connectivity index (χ2v) is 7.36. The summed E-state index contributed by atoms with van der Waals surface area (Å²) in [5.74, 6) is 1.21. The van der Waals surface area contributed by atoms with Crippen LogP contribution in [0, 0.1) is 0 Å². The molecule has 4 rings (SSSR count). The van der Waals surface area contributed by atoms with E-state index in [1.807, 2.05) is 49.4 Å². The largest absolute Gasteiger partial charge is 0.470 e. The molecule has 0 spiro atoms. The van der Waals surface area contributed by atoms with Gasteiger partial charge in [0.25, 0.3) is 5.91 Å². The van der Waals surface area contributed by atoms with Gasteiger partial charge in [-0.2, -0.15) is 0 Å². The minimum absolute atomic E-state index is 0.124. The number of benzene rings is 1. The van der Waals surface area contributed by atoms with E-state index < -0.39 is 0 Å². The lowest BCUT2D eigenvalue weighted by molar-refractivity contribution is 0.0950. The quantitative estimate of drug-likeness (QED) is 0.634. The van der Waals surface area contributed by atoms with E-state index in [0.717, 1.165) is 30.0 Å². The highest BCUT2D eigenvalue weighted by molar-refractivity contribution is 5.93. The molecule has 0 radical (unpaired) electrons. The van der Waals surface area contributed by atoms with Crippen LogP contribution in [0.4, 0.5) is 5.82 Å². The molecule has 3 heterocycles. The SMILES string of the molecule is C[C@@H](Oc1ccc(C(=O)NCc2ccnc(N3CCOCC3)c2)cn1)c1ccccc1. The van der Waals surface area contributed by atoms with Crippen LogP contribution in [0.25, 0.3) is 0 Å². The summed E-state index contributed by atoms with van der Waals surface area (Å²) in [6.45, 7) is 5.45. The lowest BCUT2D eigenvalue weighted by Crippen LogP contribution is -2.36. The van der Waals surface area contributed by atoms with Gasteiger partial charge in [-0.25, -0.2) is 9.97 Å². The second-order valence-electron chi connectivity index (χ2n) is 7.36. The highest BCUT2D eigenvalue weighted by Gasteiger charge is 2.13. The Morgan fingerprint density at radius 2 is 1.94 bits per heavy atom. The Morgan fingerprint density at radius 3 is 2.68 bits per heavy atom. The molecule has 1 atom stereocenters. The zero-order valence-corrected chi connectivity index (χ0v) is 17.5. The van der Waals surface area contributed by atoms with Crippen LogP contribution in [0.1, 0.15) is 34.5 Å². The molecule has 1 saturated heterocycles. The molecule has 0 aliphatic carbocycles. The summed E-state index contributed by atoms with van der Waals surface area (Å²) in [7, 11) is 0. The van der Waals surface area contributed by atoms with E-state index in [-0.39, 0.29) is 12.0 Å². The first-order chi connectivity index (χ1) is 15.2. The summed E-state index contributed by atoms with van der Waals surface area (Å²) in [5.41, 5.74) is 2.55. The number of nitrogens with zero attached hydrogens (tertiary/aromatic N) is 3. The third-order valence-electron chi connectivity index (χ3n) is 5.16. The van der Waals surface area contributed by atoms with Crippen LogP contribution in [0.2, 0.25) is 0 Å². The van der Waals surface area contributed by atoms with Gasteiger partial charge in [-0.3, -0.25) is 4.79 Å². The number of hydrogen-bond acceptors (Lipinski definition) is 6. The predicted molar refractivity (Wildman–Crippen MR) is 118 cm³/mol. The van der Waals surface area contributed by atoms with Gasteiger partial charge in [-0.1, -0.05) is 30.3 Å². The molecule has 1 amide bonds. The van der Waals surface area contributed by atoms with Crippen molar-refractivity contribution in [2.75, 3.05) is 31.2 Å². The van der Waals surface area contributed by atoms with Crippen molar-refractivity contribution < 1.29 is 14.3 Å². The monoisotopic (exact) mass is 418 g/mol. The lowest BCUT2D eigenvalue weighted by atomic mass is 10.1. The molecule has 160 valence electrons. The first-order valence-electron chi connectivity index (χ1n) is 10.4. The van der Waals surface area contributed by atoms with E-state index in [0.29, 0.717) is 31.2 Å². The number of hydrogen-bond donors (Lipinski definition) is 1. The zero-order chi connectivity index (χ0) is 21.5. The molecule has 3 aromatic rings. The summed E-state index contributed by atoms with van der Waals surface area (Å²) in [5, 5.41) is 2.94. The van der Waals surface area contributed by atoms with Crippen LogP contribution in [-0.4, -0.2) is 42.2 Å². The first-order valence-corrected chi connectivity index (χ1v) is 10.4. The summed E-state index contributed by atoms with van der Waals surface area (Å²) >= 11 is 0. The van der Waals surface area contributed by atoms with Crippen LogP contribution in [0.15, 0.2) is 67.0 Å². The van der Waals surface area contributed by atoms with Crippen molar-refractivity contribution in [2.45, 2.75) is 19.6 Å². The zero-order valence-electron chi connectivity index (χ0n) is 17.5. The van der Waals surface area contributed by atoms with Crippen molar-refractivity contribution in [1.29, 1.82) is 0 Å². The Kier molecular flexibility index (Phi) is 6.74. The van der Waals surface area contributed by atoms with Gasteiger partial charge >= 0.3 is 0 Å². The highest BCUT2D eigenvalue weighted by atomic mass is 16.5. The maximum absolute atomic E-state index is 12.5. The molecule has 1 aliphatic rings. The number of carbonyl (C=O) groups excluding carboxylic acids is 1. The molecule has 0 bridgehead atoms. The van der Waals surface area contributed by atoms with Crippen molar-refractivity contribution in [3.8, 4) is 5.88 Å². The number of nitrogens with one attached hydrogen (secondary N) is 1. The van der Waals surface area contributed by atoms with E-state index in [1.165, 1.54) is 6.20 Å². The standard InChI is InChI=1S/C24H26N4O3/c1-18(20-5-3-2-4-6-20)31-23-8-7-21(17-26-23)24(29)27-16-19-9-10-25-22(15-19)28-11-13-30-14-12-28/h2-10,15,17-18H,11-14,16H2,1H3,(H,27,29)/t18-/m1/s1. The summed E-state index contributed by atoms with van der Waals surface area (Å²) in [4.78, 5) is 23.4. The number of pyridine rings is 2. The Hall–Kier alpha value is -3.45. The number of morpholine rings is 1. The van der Waals surface area contributed by atoms with Crippen LogP contribution >= 0.6 is 0 Å². The summed E-state index contributed by atoms with van der Waals surface area (Å²) in [6.07, 6.45) is 3.18.